The van der Waals surface area contributed by atoms with E-state index in [2.05, 4.69) is 5.32 Å². The molecule has 1 aliphatic carbocycles. The first-order chi connectivity index (χ1) is 7.18. The highest BCUT2D eigenvalue weighted by Gasteiger charge is 2.35. The van der Waals surface area contributed by atoms with Gasteiger partial charge in [0, 0.05) is 31.8 Å². The fourth-order valence-electron chi connectivity index (χ4n) is 2.54. The molecule has 1 heterocycles. The van der Waals surface area contributed by atoms with Gasteiger partial charge in [0.25, 0.3) is 0 Å². The first kappa shape index (κ1) is 11.3. The predicted octanol–water partition coefficient (Wildman–Crippen LogP) is -0.00270. The van der Waals surface area contributed by atoms with Crippen molar-refractivity contribution in [1.29, 1.82) is 0 Å². The minimum atomic E-state index is -0.558. The minimum Gasteiger partial charge on any atom is -0.389 e. The molecule has 88 valence electrons. The van der Waals surface area contributed by atoms with Gasteiger partial charge in [0.15, 0.2) is 0 Å². The summed E-state index contributed by atoms with van der Waals surface area (Å²) in [6, 6.07) is 0.700. The second-order valence-electron chi connectivity index (χ2n) is 4.99. The molecule has 2 rings (SSSR count). The van der Waals surface area contributed by atoms with Crippen LogP contribution >= 0.6 is 0 Å². The summed E-state index contributed by atoms with van der Waals surface area (Å²) in [5.41, 5.74) is 5.25. The van der Waals surface area contributed by atoms with Crippen molar-refractivity contribution in [3.8, 4) is 0 Å². The van der Waals surface area contributed by atoms with E-state index in [-0.39, 0.29) is 6.04 Å². The molecule has 0 aromatic rings. The number of nitrogens with two attached hydrogens (primary N) is 1. The molecular formula is C11H22N2O2. The van der Waals surface area contributed by atoms with E-state index >= 15 is 0 Å². The van der Waals surface area contributed by atoms with Gasteiger partial charge in [-0.3, -0.25) is 0 Å². The molecule has 0 aromatic heterocycles. The van der Waals surface area contributed by atoms with Gasteiger partial charge in [-0.2, -0.15) is 0 Å². The van der Waals surface area contributed by atoms with Crippen molar-refractivity contribution in [1.82, 2.24) is 5.32 Å². The standard InChI is InChI=1S/C11H22N2O2/c12-9-1-4-11(14,7-9)8-13-10-2-5-15-6-3-10/h9-10,13-14H,1-8,12H2. The fraction of sp³-hybridized carbons (Fsp3) is 1.00. The predicted molar refractivity (Wildman–Crippen MR) is 58.6 cm³/mol. The molecular weight excluding hydrogens is 192 g/mol. The summed E-state index contributed by atoms with van der Waals surface area (Å²) >= 11 is 0. The Morgan fingerprint density at radius 3 is 2.67 bits per heavy atom. The van der Waals surface area contributed by atoms with Gasteiger partial charge in [0.05, 0.1) is 5.60 Å². The maximum atomic E-state index is 10.2. The Morgan fingerprint density at radius 2 is 2.07 bits per heavy atom. The number of aliphatic hydroxyl groups is 1. The third-order valence-electron chi connectivity index (χ3n) is 3.56. The quantitative estimate of drug-likeness (QED) is 0.618. The van der Waals surface area contributed by atoms with Crippen molar-refractivity contribution < 1.29 is 9.84 Å². The normalized spacial score (nSPS) is 38.4. The van der Waals surface area contributed by atoms with Crippen molar-refractivity contribution in [3.63, 3.8) is 0 Å². The third-order valence-corrected chi connectivity index (χ3v) is 3.56. The van der Waals surface area contributed by atoms with Crippen LogP contribution in [0.3, 0.4) is 0 Å². The average Bonchev–Trinajstić information content (AvgIpc) is 2.58. The molecule has 0 aromatic carbocycles. The molecule has 0 spiro atoms. The summed E-state index contributed by atoms with van der Waals surface area (Å²) in [6.07, 6.45) is 4.64. The minimum absolute atomic E-state index is 0.187. The highest BCUT2D eigenvalue weighted by Crippen LogP contribution is 2.28. The second-order valence-corrected chi connectivity index (χ2v) is 4.99. The lowest BCUT2D eigenvalue weighted by molar-refractivity contribution is 0.0313. The van der Waals surface area contributed by atoms with Crippen LogP contribution in [0.25, 0.3) is 0 Å². The van der Waals surface area contributed by atoms with Crippen LogP contribution in [0.5, 0.6) is 0 Å². The largest absolute Gasteiger partial charge is 0.389 e. The molecule has 1 aliphatic heterocycles. The van der Waals surface area contributed by atoms with Crippen LogP contribution in [0.15, 0.2) is 0 Å². The first-order valence-corrected chi connectivity index (χ1v) is 5.97. The van der Waals surface area contributed by atoms with E-state index in [9.17, 15) is 5.11 Å². The third kappa shape index (κ3) is 3.14. The van der Waals surface area contributed by atoms with Crippen molar-refractivity contribution in [3.05, 3.63) is 0 Å². The molecule has 4 nitrogen and oxygen atoms in total. The Kier molecular flexibility index (Phi) is 3.61. The molecule has 15 heavy (non-hydrogen) atoms. The van der Waals surface area contributed by atoms with Gasteiger partial charge in [-0.25, -0.2) is 0 Å². The van der Waals surface area contributed by atoms with E-state index in [0.29, 0.717) is 12.6 Å². The summed E-state index contributed by atoms with van der Waals surface area (Å²) in [6.45, 7) is 2.37. The molecule has 0 bridgehead atoms. The van der Waals surface area contributed by atoms with Crippen molar-refractivity contribution in [2.45, 2.75) is 49.8 Å². The molecule has 1 saturated heterocycles. The number of rotatable bonds is 3. The summed E-state index contributed by atoms with van der Waals surface area (Å²) in [7, 11) is 0. The van der Waals surface area contributed by atoms with Crippen LogP contribution in [-0.2, 0) is 4.74 Å². The average molecular weight is 214 g/mol. The summed E-state index contributed by atoms with van der Waals surface area (Å²) in [5.74, 6) is 0. The van der Waals surface area contributed by atoms with Gasteiger partial charge in [0.1, 0.15) is 0 Å². The van der Waals surface area contributed by atoms with Gasteiger partial charge in [-0.05, 0) is 32.1 Å². The highest BCUT2D eigenvalue weighted by atomic mass is 16.5. The van der Waals surface area contributed by atoms with E-state index in [1.807, 2.05) is 0 Å². The van der Waals surface area contributed by atoms with Crippen LogP contribution < -0.4 is 11.1 Å². The van der Waals surface area contributed by atoms with Crippen LogP contribution in [-0.4, -0.2) is 42.5 Å². The van der Waals surface area contributed by atoms with E-state index in [1.54, 1.807) is 0 Å². The van der Waals surface area contributed by atoms with Crippen molar-refractivity contribution in [2.24, 2.45) is 5.73 Å². The van der Waals surface area contributed by atoms with Crippen LogP contribution in [0.4, 0.5) is 0 Å². The smallest absolute Gasteiger partial charge is 0.0786 e. The fourth-order valence-corrected chi connectivity index (χ4v) is 2.54. The van der Waals surface area contributed by atoms with Crippen molar-refractivity contribution >= 4 is 0 Å². The molecule has 1 saturated carbocycles. The lowest BCUT2D eigenvalue weighted by Crippen LogP contribution is -2.45. The van der Waals surface area contributed by atoms with E-state index in [1.165, 1.54) is 0 Å². The van der Waals surface area contributed by atoms with Crippen molar-refractivity contribution in [2.75, 3.05) is 19.8 Å². The van der Waals surface area contributed by atoms with E-state index in [4.69, 9.17) is 10.5 Å². The second kappa shape index (κ2) is 4.78. The lowest BCUT2D eigenvalue weighted by Gasteiger charge is -2.29. The maximum Gasteiger partial charge on any atom is 0.0786 e. The van der Waals surface area contributed by atoms with Gasteiger partial charge >= 0.3 is 0 Å². The lowest BCUT2D eigenvalue weighted by atomic mass is 10.0. The monoisotopic (exact) mass is 214 g/mol. The number of hydrogen-bond donors (Lipinski definition) is 3. The Morgan fingerprint density at radius 1 is 1.33 bits per heavy atom. The van der Waals surface area contributed by atoms with Crippen LogP contribution in [0.1, 0.15) is 32.1 Å². The molecule has 2 atom stereocenters. The zero-order chi connectivity index (χ0) is 10.7. The van der Waals surface area contributed by atoms with Crippen LogP contribution in [0.2, 0.25) is 0 Å². The zero-order valence-corrected chi connectivity index (χ0v) is 9.24. The van der Waals surface area contributed by atoms with Gasteiger partial charge in [-0.1, -0.05) is 0 Å². The molecule has 4 N–H and O–H groups in total. The molecule has 2 fully saturated rings. The summed E-state index contributed by atoms with van der Waals surface area (Å²) in [5, 5.41) is 13.7. The summed E-state index contributed by atoms with van der Waals surface area (Å²) < 4.78 is 5.29. The topological polar surface area (TPSA) is 67.5 Å². The number of ether oxygens (including phenoxy) is 1. The Bertz CT molecular complexity index is 207. The molecule has 0 radical (unpaired) electrons. The molecule has 0 amide bonds. The molecule has 4 heteroatoms. The summed E-state index contributed by atoms with van der Waals surface area (Å²) in [4.78, 5) is 0. The Labute approximate surface area is 91.2 Å². The van der Waals surface area contributed by atoms with Gasteiger partial charge in [-0.15, -0.1) is 0 Å². The maximum absolute atomic E-state index is 10.2. The Hall–Kier alpha value is -0.160. The van der Waals surface area contributed by atoms with E-state index < -0.39 is 5.60 Å². The zero-order valence-electron chi connectivity index (χ0n) is 9.24. The van der Waals surface area contributed by atoms with Gasteiger partial charge in [0.2, 0.25) is 0 Å². The Balaban J connectivity index is 1.72. The van der Waals surface area contributed by atoms with Gasteiger partial charge < -0.3 is 20.9 Å². The number of nitrogens with one attached hydrogen (secondary N) is 1. The van der Waals surface area contributed by atoms with E-state index in [0.717, 1.165) is 45.3 Å². The molecule has 2 unspecified atom stereocenters. The highest BCUT2D eigenvalue weighted by molar-refractivity contribution is 4.93. The number of hydrogen-bond acceptors (Lipinski definition) is 4. The van der Waals surface area contributed by atoms with Crippen LogP contribution in [0, 0.1) is 0 Å². The first-order valence-electron chi connectivity index (χ1n) is 5.97. The SMILES string of the molecule is NC1CCC(O)(CNC2CCOCC2)C1. The molecule has 2 aliphatic rings.